The maximum absolute atomic E-state index is 10.7. The van der Waals surface area contributed by atoms with Crippen LogP contribution in [0.2, 0.25) is 5.02 Å². The van der Waals surface area contributed by atoms with Gasteiger partial charge in [0.1, 0.15) is 11.5 Å². The lowest BCUT2D eigenvalue weighted by Gasteiger charge is -2.24. The first kappa shape index (κ1) is 9.53. The molecule has 74 valence electrons. The number of Topliss-reactive ketones (excluding diaryl/α,β-unsaturated/α-hetero) is 1. The third-order valence-corrected chi connectivity index (χ3v) is 2.66. The standard InChI is InChI=1S/C11H11ClO2/c12-10-3-1-2-4-11(10)14-7-8-5-9(13)6-8/h1-4,8H,5-7H2. The second-order valence-corrected chi connectivity index (χ2v) is 3.96. The van der Waals surface area contributed by atoms with Crippen molar-refractivity contribution in [3.05, 3.63) is 29.3 Å². The van der Waals surface area contributed by atoms with E-state index in [1.165, 1.54) is 0 Å². The molecule has 0 heterocycles. The van der Waals surface area contributed by atoms with Crippen molar-refractivity contribution in [2.45, 2.75) is 12.8 Å². The molecule has 0 atom stereocenters. The average molecular weight is 211 g/mol. The Hall–Kier alpha value is -1.02. The van der Waals surface area contributed by atoms with E-state index in [2.05, 4.69) is 0 Å². The van der Waals surface area contributed by atoms with E-state index in [4.69, 9.17) is 16.3 Å². The highest BCUT2D eigenvalue weighted by Gasteiger charge is 2.26. The fourth-order valence-corrected chi connectivity index (χ4v) is 1.66. The van der Waals surface area contributed by atoms with Crippen molar-refractivity contribution in [3.63, 3.8) is 0 Å². The lowest BCUT2D eigenvalue weighted by molar-refractivity contribution is -0.127. The van der Waals surface area contributed by atoms with Gasteiger partial charge in [-0.3, -0.25) is 4.79 Å². The normalized spacial score (nSPS) is 16.5. The molecule has 1 aliphatic rings. The van der Waals surface area contributed by atoms with Crippen LogP contribution in [-0.4, -0.2) is 12.4 Å². The van der Waals surface area contributed by atoms with Crippen molar-refractivity contribution < 1.29 is 9.53 Å². The van der Waals surface area contributed by atoms with E-state index in [1.54, 1.807) is 6.07 Å². The van der Waals surface area contributed by atoms with E-state index >= 15 is 0 Å². The van der Waals surface area contributed by atoms with Crippen molar-refractivity contribution in [2.24, 2.45) is 5.92 Å². The molecule has 0 aliphatic heterocycles. The number of hydrogen-bond acceptors (Lipinski definition) is 2. The van der Waals surface area contributed by atoms with Crippen LogP contribution in [0.3, 0.4) is 0 Å². The molecule has 1 aromatic rings. The molecule has 0 bridgehead atoms. The van der Waals surface area contributed by atoms with E-state index < -0.39 is 0 Å². The van der Waals surface area contributed by atoms with E-state index in [0.717, 1.165) is 0 Å². The number of rotatable bonds is 3. The second-order valence-electron chi connectivity index (χ2n) is 3.55. The highest BCUT2D eigenvalue weighted by atomic mass is 35.5. The number of ketones is 1. The predicted molar refractivity (Wildman–Crippen MR) is 54.7 cm³/mol. The highest BCUT2D eigenvalue weighted by Crippen LogP contribution is 2.27. The lowest BCUT2D eigenvalue weighted by Crippen LogP contribution is -2.28. The predicted octanol–water partition coefficient (Wildman–Crippen LogP) is 2.70. The van der Waals surface area contributed by atoms with Gasteiger partial charge in [0.05, 0.1) is 11.6 Å². The third-order valence-electron chi connectivity index (χ3n) is 2.34. The molecule has 14 heavy (non-hydrogen) atoms. The summed E-state index contributed by atoms with van der Waals surface area (Å²) in [6, 6.07) is 7.38. The molecule has 3 heteroatoms. The molecular formula is C11H11ClO2. The lowest BCUT2D eigenvalue weighted by atomic mass is 9.85. The molecule has 0 amide bonds. The van der Waals surface area contributed by atoms with Gasteiger partial charge in [0.15, 0.2) is 0 Å². The van der Waals surface area contributed by atoms with Gasteiger partial charge in [-0.2, -0.15) is 0 Å². The molecule has 0 spiro atoms. The Morgan fingerprint density at radius 2 is 2.07 bits per heavy atom. The Bertz CT molecular complexity index is 341. The summed E-state index contributed by atoms with van der Waals surface area (Å²) in [6.45, 7) is 0.593. The summed E-state index contributed by atoms with van der Waals surface area (Å²) in [7, 11) is 0. The Labute approximate surface area is 87.8 Å². The van der Waals surface area contributed by atoms with E-state index in [1.807, 2.05) is 18.2 Å². The minimum atomic E-state index is 0.331. The summed E-state index contributed by atoms with van der Waals surface area (Å²) >= 11 is 5.91. The molecule has 1 aromatic carbocycles. The molecule has 0 saturated heterocycles. The van der Waals surface area contributed by atoms with Crippen LogP contribution in [0.4, 0.5) is 0 Å². The quantitative estimate of drug-likeness (QED) is 0.767. The first-order valence-electron chi connectivity index (χ1n) is 4.65. The van der Waals surface area contributed by atoms with Crippen LogP contribution in [0.15, 0.2) is 24.3 Å². The minimum absolute atomic E-state index is 0.331. The van der Waals surface area contributed by atoms with Gasteiger partial charge in [-0.1, -0.05) is 23.7 Å². The summed E-state index contributed by atoms with van der Waals surface area (Å²) < 4.78 is 5.50. The summed E-state index contributed by atoms with van der Waals surface area (Å²) in [4.78, 5) is 10.7. The summed E-state index contributed by atoms with van der Waals surface area (Å²) in [5.74, 6) is 1.42. The number of halogens is 1. The number of para-hydroxylation sites is 1. The van der Waals surface area contributed by atoms with Crippen LogP contribution in [0.5, 0.6) is 5.75 Å². The molecule has 2 nitrogen and oxygen atoms in total. The number of ether oxygens (including phenoxy) is 1. The Kier molecular flexibility index (Phi) is 2.73. The van der Waals surface area contributed by atoms with Crippen molar-refractivity contribution in [2.75, 3.05) is 6.61 Å². The van der Waals surface area contributed by atoms with Crippen molar-refractivity contribution in [3.8, 4) is 5.75 Å². The molecule has 0 unspecified atom stereocenters. The van der Waals surface area contributed by atoms with Crippen LogP contribution in [0.25, 0.3) is 0 Å². The van der Waals surface area contributed by atoms with Crippen LogP contribution in [-0.2, 0) is 4.79 Å². The first-order chi connectivity index (χ1) is 6.75. The van der Waals surface area contributed by atoms with Gasteiger partial charge in [-0.15, -0.1) is 0 Å². The maximum Gasteiger partial charge on any atom is 0.137 e. The van der Waals surface area contributed by atoms with Crippen molar-refractivity contribution >= 4 is 17.4 Å². The Morgan fingerprint density at radius 3 is 2.71 bits per heavy atom. The molecular weight excluding hydrogens is 200 g/mol. The second kappa shape index (κ2) is 4.01. The zero-order chi connectivity index (χ0) is 9.97. The number of carbonyl (C=O) groups is 1. The third kappa shape index (κ3) is 2.07. The summed E-state index contributed by atoms with van der Waals surface area (Å²) in [6.07, 6.45) is 1.31. The van der Waals surface area contributed by atoms with Gasteiger partial charge in [-0.05, 0) is 12.1 Å². The van der Waals surface area contributed by atoms with Crippen molar-refractivity contribution in [1.82, 2.24) is 0 Å². The fraction of sp³-hybridized carbons (Fsp3) is 0.364. The molecule has 1 aliphatic carbocycles. The Morgan fingerprint density at radius 1 is 1.36 bits per heavy atom. The number of benzene rings is 1. The maximum atomic E-state index is 10.7. The van der Waals surface area contributed by atoms with Crippen LogP contribution < -0.4 is 4.74 Å². The monoisotopic (exact) mass is 210 g/mol. The fourth-order valence-electron chi connectivity index (χ4n) is 1.47. The van der Waals surface area contributed by atoms with Gasteiger partial charge in [0, 0.05) is 18.8 Å². The highest BCUT2D eigenvalue weighted by molar-refractivity contribution is 6.32. The Balaban J connectivity index is 1.86. The minimum Gasteiger partial charge on any atom is -0.492 e. The molecule has 0 aromatic heterocycles. The number of hydrogen-bond donors (Lipinski definition) is 0. The first-order valence-corrected chi connectivity index (χ1v) is 5.02. The van der Waals surface area contributed by atoms with Gasteiger partial charge >= 0.3 is 0 Å². The number of carbonyl (C=O) groups excluding carboxylic acids is 1. The van der Waals surface area contributed by atoms with Gasteiger partial charge in [0.2, 0.25) is 0 Å². The SMILES string of the molecule is O=C1CC(COc2ccccc2Cl)C1. The summed E-state index contributed by atoms with van der Waals surface area (Å²) in [5.41, 5.74) is 0. The molecule has 1 fully saturated rings. The van der Waals surface area contributed by atoms with Gasteiger partial charge in [0.25, 0.3) is 0 Å². The largest absolute Gasteiger partial charge is 0.492 e. The van der Waals surface area contributed by atoms with E-state index in [0.29, 0.717) is 41.9 Å². The molecule has 1 saturated carbocycles. The van der Waals surface area contributed by atoms with Crippen LogP contribution in [0.1, 0.15) is 12.8 Å². The van der Waals surface area contributed by atoms with E-state index in [9.17, 15) is 4.79 Å². The average Bonchev–Trinajstić information content (AvgIpc) is 2.13. The van der Waals surface area contributed by atoms with Crippen LogP contribution >= 0.6 is 11.6 Å². The van der Waals surface area contributed by atoms with Crippen LogP contribution in [0, 0.1) is 5.92 Å². The molecule has 2 rings (SSSR count). The smallest absolute Gasteiger partial charge is 0.137 e. The topological polar surface area (TPSA) is 26.3 Å². The summed E-state index contributed by atoms with van der Waals surface area (Å²) in [5, 5.41) is 0.623. The zero-order valence-corrected chi connectivity index (χ0v) is 8.46. The van der Waals surface area contributed by atoms with Gasteiger partial charge in [-0.25, -0.2) is 0 Å². The van der Waals surface area contributed by atoms with Crippen molar-refractivity contribution in [1.29, 1.82) is 0 Å². The van der Waals surface area contributed by atoms with Gasteiger partial charge < -0.3 is 4.74 Å². The molecule has 0 N–H and O–H groups in total. The molecule has 0 radical (unpaired) electrons. The zero-order valence-electron chi connectivity index (χ0n) is 7.70. The van der Waals surface area contributed by atoms with E-state index in [-0.39, 0.29) is 0 Å².